The van der Waals surface area contributed by atoms with Gasteiger partial charge in [-0.1, -0.05) is 21.1 Å². The molecule has 0 radical (unpaired) electrons. The molecular weight excluding hydrogens is 476 g/mol. The zero-order chi connectivity index (χ0) is 21.9. The van der Waals surface area contributed by atoms with Crippen LogP contribution in [-0.2, 0) is 19.6 Å². The van der Waals surface area contributed by atoms with Gasteiger partial charge >= 0.3 is 0 Å². The van der Waals surface area contributed by atoms with Crippen LogP contribution in [0.25, 0.3) is 0 Å². The molecule has 1 fully saturated rings. The van der Waals surface area contributed by atoms with Crippen LogP contribution in [0.3, 0.4) is 0 Å². The molecule has 2 heterocycles. The largest absolute Gasteiger partial charge is 0.360 e. The first-order valence-electron chi connectivity index (χ1n) is 9.40. The summed E-state index contributed by atoms with van der Waals surface area (Å²) in [5.74, 6) is -0.339. The van der Waals surface area contributed by atoms with E-state index < -0.39 is 21.8 Å². The summed E-state index contributed by atoms with van der Waals surface area (Å²) in [6, 6.07) is 7.98. The Labute approximate surface area is 183 Å². The van der Waals surface area contributed by atoms with E-state index in [1.54, 1.807) is 25.1 Å². The van der Waals surface area contributed by atoms with Crippen molar-refractivity contribution in [3.8, 4) is 0 Å². The molecular formula is C19H23BrN4O5S. The second kappa shape index (κ2) is 9.27. The van der Waals surface area contributed by atoms with Gasteiger partial charge in [0.25, 0.3) is 0 Å². The van der Waals surface area contributed by atoms with Gasteiger partial charge in [-0.15, -0.1) is 0 Å². The van der Waals surface area contributed by atoms with Gasteiger partial charge in [0, 0.05) is 30.7 Å². The highest BCUT2D eigenvalue weighted by molar-refractivity contribution is 9.10. The highest BCUT2D eigenvalue weighted by Gasteiger charge is 2.34. The molecule has 0 bridgehead atoms. The molecule has 1 atom stereocenters. The molecule has 1 aromatic heterocycles. The molecule has 1 aromatic carbocycles. The van der Waals surface area contributed by atoms with Crippen LogP contribution in [0, 0.1) is 12.8 Å². The molecule has 162 valence electrons. The quantitative estimate of drug-likeness (QED) is 0.653. The third kappa shape index (κ3) is 5.27. The maximum absolute atomic E-state index is 12.9. The van der Waals surface area contributed by atoms with Crippen LogP contribution in [-0.4, -0.2) is 61.3 Å². The minimum absolute atomic E-state index is 0.0890. The van der Waals surface area contributed by atoms with E-state index in [1.807, 2.05) is 0 Å². The van der Waals surface area contributed by atoms with Gasteiger partial charge in [-0.2, -0.15) is 4.31 Å². The Balaban J connectivity index is 1.61. The zero-order valence-electron chi connectivity index (χ0n) is 16.7. The van der Waals surface area contributed by atoms with Crippen LogP contribution in [0.15, 0.2) is 44.2 Å². The van der Waals surface area contributed by atoms with Crippen molar-refractivity contribution in [1.82, 2.24) is 14.4 Å². The van der Waals surface area contributed by atoms with Gasteiger partial charge in [0.15, 0.2) is 5.82 Å². The fraction of sp³-hybridized carbons (Fsp3) is 0.421. The molecule has 9 nitrogen and oxygen atoms in total. The summed E-state index contributed by atoms with van der Waals surface area (Å²) >= 11 is 3.29. The van der Waals surface area contributed by atoms with Gasteiger partial charge in [0.1, 0.15) is 5.76 Å². The first-order valence-corrected chi connectivity index (χ1v) is 11.6. The molecule has 1 unspecified atom stereocenters. The van der Waals surface area contributed by atoms with Gasteiger partial charge in [-0.25, -0.2) is 8.42 Å². The Morgan fingerprint density at radius 2 is 2.03 bits per heavy atom. The van der Waals surface area contributed by atoms with Crippen LogP contribution in [0.5, 0.6) is 0 Å². The number of halogens is 1. The Bertz CT molecular complexity index is 1020. The van der Waals surface area contributed by atoms with Crippen molar-refractivity contribution in [3.63, 3.8) is 0 Å². The van der Waals surface area contributed by atoms with Gasteiger partial charge < -0.3 is 14.7 Å². The molecule has 1 aliphatic rings. The highest BCUT2D eigenvalue weighted by atomic mass is 79.9. The number of rotatable bonds is 6. The fourth-order valence-corrected chi connectivity index (χ4v) is 5.12. The Hall–Kier alpha value is -2.24. The average molecular weight is 499 g/mol. The first-order chi connectivity index (χ1) is 14.2. The minimum atomic E-state index is -3.69. The summed E-state index contributed by atoms with van der Waals surface area (Å²) in [7, 11) is -2.16. The van der Waals surface area contributed by atoms with Gasteiger partial charge in [0.05, 0.1) is 17.4 Å². The summed E-state index contributed by atoms with van der Waals surface area (Å²) in [6.07, 6.45) is 1.14. The van der Waals surface area contributed by atoms with Crippen molar-refractivity contribution >= 4 is 43.6 Å². The predicted octanol–water partition coefficient (Wildman–Crippen LogP) is 2.24. The van der Waals surface area contributed by atoms with Crippen molar-refractivity contribution in [2.75, 3.05) is 32.0 Å². The second-order valence-electron chi connectivity index (χ2n) is 7.22. The number of aryl methyl sites for hydroxylation is 1. The van der Waals surface area contributed by atoms with E-state index in [2.05, 4.69) is 26.4 Å². The van der Waals surface area contributed by atoms with Crippen LogP contribution in [0.1, 0.15) is 18.6 Å². The van der Waals surface area contributed by atoms with E-state index in [1.165, 1.54) is 28.4 Å². The van der Waals surface area contributed by atoms with E-state index in [0.29, 0.717) is 25.1 Å². The number of carbonyl (C=O) groups is 2. The number of likely N-dealkylation sites (N-methyl/N-ethyl adjacent to an activating group) is 1. The molecule has 1 aliphatic heterocycles. The Morgan fingerprint density at radius 1 is 1.33 bits per heavy atom. The SMILES string of the molecule is Cc1cc(NC(=O)CN(C)C(=O)C2CCCN(S(=O)(=O)c3ccc(Br)cc3)C2)no1. The van der Waals surface area contributed by atoms with E-state index in [9.17, 15) is 18.0 Å². The van der Waals surface area contributed by atoms with Crippen LogP contribution < -0.4 is 5.32 Å². The lowest BCUT2D eigenvalue weighted by atomic mass is 9.98. The molecule has 11 heteroatoms. The number of benzene rings is 1. The van der Waals surface area contributed by atoms with E-state index in [4.69, 9.17) is 4.52 Å². The first kappa shape index (κ1) is 22.4. The van der Waals surface area contributed by atoms with Gasteiger partial charge in [-0.3, -0.25) is 9.59 Å². The molecule has 0 aliphatic carbocycles. The topological polar surface area (TPSA) is 113 Å². The Morgan fingerprint density at radius 3 is 2.67 bits per heavy atom. The minimum Gasteiger partial charge on any atom is -0.360 e. The third-order valence-corrected chi connectivity index (χ3v) is 7.25. The number of hydrogen-bond donors (Lipinski definition) is 1. The van der Waals surface area contributed by atoms with Crippen molar-refractivity contribution in [2.45, 2.75) is 24.7 Å². The van der Waals surface area contributed by atoms with E-state index >= 15 is 0 Å². The predicted molar refractivity (Wildman–Crippen MR) is 113 cm³/mol. The molecule has 30 heavy (non-hydrogen) atoms. The molecule has 2 aromatic rings. The van der Waals surface area contributed by atoms with Crippen molar-refractivity contribution in [1.29, 1.82) is 0 Å². The number of nitrogens with one attached hydrogen (secondary N) is 1. The van der Waals surface area contributed by atoms with Crippen molar-refractivity contribution < 1.29 is 22.5 Å². The number of nitrogens with zero attached hydrogens (tertiary/aromatic N) is 3. The maximum Gasteiger partial charge on any atom is 0.245 e. The average Bonchev–Trinajstić information content (AvgIpc) is 3.12. The summed E-state index contributed by atoms with van der Waals surface area (Å²) < 4.78 is 32.9. The molecule has 0 spiro atoms. The molecule has 0 saturated carbocycles. The normalized spacial score (nSPS) is 17.5. The lowest BCUT2D eigenvalue weighted by molar-refractivity contribution is -0.138. The fourth-order valence-electron chi connectivity index (χ4n) is 3.33. The van der Waals surface area contributed by atoms with Gasteiger partial charge in [-0.05, 0) is 44.0 Å². The third-order valence-electron chi connectivity index (χ3n) is 4.84. The zero-order valence-corrected chi connectivity index (χ0v) is 19.1. The number of piperidine rings is 1. The molecule has 2 amide bonds. The highest BCUT2D eigenvalue weighted by Crippen LogP contribution is 2.25. The summed E-state index contributed by atoms with van der Waals surface area (Å²) in [4.78, 5) is 26.5. The molecule has 1 saturated heterocycles. The van der Waals surface area contributed by atoms with Crippen LogP contribution in [0.2, 0.25) is 0 Å². The van der Waals surface area contributed by atoms with Crippen molar-refractivity contribution in [2.24, 2.45) is 5.92 Å². The number of carbonyl (C=O) groups excluding carboxylic acids is 2. The van der Waals surface area contributed by atoms with E-state index in [-0.39, 0.29) is 29.7 Å². The maximum atomic E-state index is 12.9. The lowest BCUT2D eigenvalue weighted by Gasteiger charge is -2.33. The summed E-state index contributed by atoms with van der Waals surface area (Å²) in [5.41, 5.74) is 0. The molecule has 1 N–H and O–H groups in total. The number of hydrogen-bond acceptors (Lipinski definition) is 6. The monoisotopic (exact) mass is 498 g/mol. The second-order valence-corrected chi connectivity index (χ2v) is 10.1. The Kier molecular flexibility index (Phi) is 6.94. The van der Waals surface area contributed by atoms with E-state index in [0.717, 1.165) is 4.47 Å². The standard InChI is InChI=1S/C19H23BrN4O5S/c1-13-10-17(22-29-13)21-18(25)12-23(2)19(26)14-4-3-9-24(11-14)30(27,28)16-7-5-15(20)6-8-16/h5-8,10,14H,3-4,9,11-12H2,1-2H3,(H,21,22,25). The number of anilines is 1. The summed E-state index contributed by atoms with van der Waals surface area (Å²) in [6.45, 7) is 1.99. The summed E-state index contributed by atoms with van der Waals surface area (Å²) in [5, 5.41) is 6.24. The number of sulfonamides is 1. The number of amides is 2. The smallest absolute Gasteiger partial charge is 0.245 e. The molecule has 3 rings (SSSR count). The van der Waals surface area contributed by atoms with Crippen molar-refractivity contribution in [3.05, 3.63) is 40.6 Å². The van der Waals surface area contributed by atoms with Gasteiger partial charge in [0.2, 0.25) is 21.8 Å². The number of aromatic nitrogens is 1. The lowest BCUT2D eigenvalue weighted by Crippen LogP contribution is -2.47. The van der Waals surface area contributed by atoms with Crippen LogP contribution in [0.4, 0.5) is 5.82 Å². The van der Waals surface area contributed by atoms with Crippen LogP contribution >= 0.6 is 15.9 Å².